The van der Waals surface area contributed by atoms with Gasteiger partial charge in [0.1, 0.15) is 0 Å². The maximum Gasteiger partial charge on any atom is 0.490 e. The van der Waals surface area contributed by atoms with E-state index in [-0.39, 0.29) is 6.04 Å². The molecule has 11 heteroatoms. The van der Waals surface area contributed by atoms with Crippen molar-refractivity contribution in [1.29, 1.82) is 0 Å². The molecule has 2 rings (SSSR count). The predicted octanol–water partition coefficient (Wildman–Crippen LogP) is 2.21. The van der Waals surface area contributed by atoms with Gasteiger partial charge in [0.15, 0.2) is 0 Å². The van der Waals surface area contributed by atoms with Crippen molar-refractivity contribution in [3.63, 3.8) is 0 Å². The van der Waals surface area contributed by atoms with Crippen molar-refractivity contribution in [2.45, 2.75) is 56.8 Å². The Labute approximate surface area is 156 Å². The highest BCUT2D eigenvalue weighted by Crippen LogP contribution is 2.25. The van der Waals surface area contributed by atoms with Crippen molar-refractivity contribution in [3.05, 3.63) is 0 Å². The van der Waals surface area contributed by atoms with E-state index in [0.717, 1.165) is 25.8 Å². The summed E-state index contributed by atoms with van der Waals surface area (Å²) in [5, 5.41) is 10.8. The molecule has 0 aromatic rings. The normalized spacial score (nSPS) is 25.2. The molecule has 2 aliphatic rings. The molecule has 2 unspecified atom stereocenters. The third-order valence-electron chi connectivity index (χ3n) is 4.41. The molecule has 0 aromatic carbocycles. The van der Waals surface area contributed by atoms with Gasteiger partial charge in [-0.1, -0.05) is 12.8 Å². The zero-order valence-electron chi connectivity index (χ0n) is 14.7. The molecule has 0 spiro atoms. The van der Waals surface area contributed by atoms with Crippen LogP contribution in [0.3, 0.4) is 0 Å². The van der Waals surface area contributed by atoms with E-state index >= 15 is 0 Å². The fourth-order valence-corrected chi connectivity index (χ4v) is 5.07. The van der Waals surface area contributed by atoms with E-state index in [1.54, 1.807) is 0 Å². The molecular formula is C15H27F3N2O4S2. The zero-order valence-corrected chi connectivity index (χ0v) is 16.4. The van der Waals surface area contributed by atoms with Crippen molar-refractivity contribution >= 4 is 27.8 Å². The van der Waals surface area contributed by atoms with E-state index in [2.05, 4.69) is 10.0 Å². The summed E-state index contributed by atoms with van der Waals surface area (Å²) in [7, 11) is -3.08. The Bertz CT molecular complexity index is 537. The number of alkyl halides is 3. The first kappa shape index (κ1) is 23.5. The third-order valence-corrected chi connectivity index (χ3v) is 6.19. The maximum atomic E-state index is 11.4. The highest BCUT2D eigenvalue weighted by Gasteiger charge is 2.38. The molecule has 2 atom stereocenters. The molecule has 1 heterocycles. The summed E-state index contributed by atoms with van der Waals surface area (Å²) in [5.41, 5.74) is 0. The summed E-state index contributed by atoms with van der Waals surface area (Å²) in [6.45, 7) is 0.961. The Morgan fingerprint density at radius 3 is 2.19 bits per heavy atom. The lowest BCUT2D eigenvalue weighted by Gasteiger charge is -2.33. The Morgan fingerprint density at radius 2 is 1.69 bits per heavy atom. The Kier molecular flexibility index (Phi) is 9.70. The minimum absolute atomic E-state index is 0.134. The molecule has 6 nitrogen and oxygen atoms in total. The van der Waals surface area contributed by atoms with Crippen LogP contribution in [-0.2, 0) is 14.8 Å². The van der Waals surface area contributed by atoms with Crippen LogP contribution < -0.4 is 10.0 Å². The molecule has 0 amide bonds. The lowest BCUT2D eigenvalue weighted by Crippen LogP contribution is -2.47. The average molecular weight is 421 g/mol. The molecular weight excluding hydrogens is 393 g/mol. The number of halogens is 3. The number of nitrogens with one attached hydrogen (secondary N) is 2. The Hall–Kier alpha value is -0.520. The molecule has 3 N–H and O–H groups in total. The van der Waals surface area contributed by atoms with E-state index in [1.807, 2.05) is 11.8 Å². The summed E-state index contributed by atoms with van der Waals surface area (Å²) in [5.74, 6) is 0.214. The maximum absolute atomic E-state index is 11.4. The summed E-state index contributed by atoms with van der Waals surface area (Å²) < 4.78 is 57.4. The number of aliphatic carboxylic acids is 1. The number of carbonyl (C=O) groups is 1. The van der Waals surface area contributed by atoms with E-state index < -0.39 is 22.2 Å². The number of thioether (sulfide) groups is 1. The van der Waals surface area contributed by atoms with Gasteiger partial charge in [-0.15, -0.1) is 0 Å². The van der Waals surface area contributed by atoms with Gasteiger partial charge < -0.3 is 10.4 Å². The largest absolute Gasteiger partial charge is 0.490 e. The van der Waals surface area contributed by atoms with Crippen LogP contribution in [0.1, 0.15) is 38.5 Å². The molecule has 0 radical (unpaired) electrons. The minimum Gasteiger partial charge on any atom is -0.475 e. The first-order valence-electron chi connectivity index (χ1n) is 8.57. The van der Waals surface area contributed by atoms with Crippen molar-refractivity contribution in [1.82, 2.24) is 10.0 Å². The van der Waals surface area contributed by atoms with Crippen LogP contribution in [0.15, 0.2) is 0 Å². The van der Waals surface area contributed by atoms with Gasteiger partial charge in [0.2, 0.25) is 10.0 Å². The second-order valence-electron chi connectivity index (χ2n) is 6.64. The van der Waals surface area contributed by atoms with Crippen LogP contribution in [-0.4, -0.2) is 62.1 Å². The Morgan fingerprint density at radius 1 is 1.15 bits per heavy atom. The van der Waals surface area contributed by atoms with Crippen LogP contribution in [0.5, 0.6) is 0 Å². The summed E-state index contributed by atoms with van der Waals surface area (Å²) in [6, 6.07) is 0.774. The van der Waals surface area contributed by atoms with Crippen molar-refractivity contribution < 1.29 is 31.5 Å². The second kappa shape index (κ2) is 10.7. The zero-order chi connectivity index (χ0) is 19.8. The number of rotatable bonds is 5. The number of sulfonamides is 1. The summed E-state index contributed by atoms with van der Waals surface area (Å²) in [6.07, 6.45) is 3.19. The van der Waals surface area contributed by atoms with Gasteiger partial charge in [-0.25, -0.2) is 17.9 Å². The molecule has 1 saturated heterocycles. The van der Waals surface area contributed by atoms with Gasteiger partial charge in [-0.05, 0) is 49.7 Å². The number of carboxylic acids is 1. The smallest absolute Gasteiger partial charge is 0.475 e. The van der Waals surface area contributed by atoms with Crippen LogP contribution in [0.4, 0.5) is 13.2 Å². The SMILES string of the molecule is CS(=O)(=O)NC1CCCCC1CNC1CCSCC1.O=C(O)C(F)(F)F. The van der Waals surface area contributed by atoms with Gasteiger partial charge in [0.25, 0.3) is 0 Å². The average Bonchev–Trinajstić information content (AvgIpc) is 2.53. The van der Waals surface area contributed by atoms with Crippen LogP contribution in [0.25, 0.3) is 0 Å². The first-order chi connectivity index (χ1) is 12.0. The van der Waals surface area contributed by atoms with Crippen molar-refractivity contribution in [2.24, 2.45) is 5.92 Å². The number of hydrogen-bond donors (Lipinski definition) is 3. The third kappa shape index (κ3) is 9.98. The van der Waals surface area contributed by atoms with Crippen molar-refractivity contribution in [2.75, 3.05) is 24.3 Å². The standard InChI is InChI=1S/C13H26N2O2S2.C2HF3O2/c1-19(16,17)15-13-5-3-2-4-11(13)10-14-12-6-8-18-9-7-12;3-2(4,5)1(6)7/h11-15H,2-10H2,1H3;(H,6,7). The summed E-state index contributed by atoms with van der Waals surface area (Å²) >= 11 is 2.04. The molecule has 1 aliphatic heterocycles. The first-order valence-corrected chi connectivity index (χ1v) is 11.6. The van der Waals surface area contributed by atoms with Gasteiger partial charge in [0.05, 0.1) is 6.26 Å². The molecule has 26 heavy (non-hydrogen) atoms. The monoisotopic (exact) mass is 420 g/mol. The highest BCUT2D eigenvalue weighted by molar-refractivity contribution is 7.99. The molecule has 0 aromatic heterocycles. The minimum atomic E-state index is -5.08. The van der Waals surface area contributed by atoms with E-state index in [4.69, 9.17) is 9.90 Å². The van der Waals surface area contributed by atoms with E-state index in [0.29, 0.717) is 12.0 Å². The molecule has 154 valence electrons. The van der Waals surface area contributed by atoms with Gasteiger partial charge in [0, 0.05) is 12.1 Å². The number of hydrogen-bond acceptors (Lipinski definition) is 5. The number of carboxylic acid groups (broad SMARTS) is 1. The topological polar surface area (TPSA) is 95.5 Å². The van der Waals surface area contributed by atoms with E-state index in [1.165, 1.54) is 37.0 Å². The molecule has 1 aliphatic carbocycles. The molecule has 0 bridgehead atoms. The van der Waals surface area contributed by atoms with Gasteiger partial charge in [-0.3, -0.25) is 0 Å². The predicted molar refractivity (Wildman–Crippen MR) is 95.8 cm³/mol. The Balaban J connectivity index is 0.000000412. The molecule has 2 fully saturated rings. The van der Waals surface area contributed by atoms with Gasteiger partial charge >= 0.3 is 12.1 Å². The lowest BCUT2D eigenvalue weighted by atomic mass is 9.85. The quantitative estimate of drug-likeness (QED) is 0.631. The molecule has 1 saturated carbocycles. The van der Waals surface area contributed by atoms with Crippen LogP contribution in [0.2, 0.25) is 0 Å². The fourth-order valence-electron chi connectivity index (χ4n) is 3.10. The summed E-state index contributed by atoms with van der Waals surface area (Å²) in [4.78, 5) is 8.90. The highest BCUT2D eigenvalue weighted by atomic mass is 32.2. The van der Waals surface area contributed by atoms with Crippen LogP contribution >= 0.6 is 11.8 Å². The van der Waals surface area contributed by atoms with Gasteiger partial charge in [-0.2, -0.15) is 24.9 Å². The van der Waals surface area contributed by atoms with Crippen molar-refractivity contribution in [3.8, 4) is 0 Å². The fraction of sp³-hybridized carbons (Fsp3) is 0.933. The van der Waals surface area contributed by atoms with E-state index in [9.17, 15) is 21.6 Å². The van der Waals surface area contributed by atoms with Crippen LogP contribution in [0, 0.1) is 5.92 Å². The lowest BCUT2D eigenvalue weighted by molar-refractivity contribution is -0.192. The second-order valence-corrected chi connectivity index (χ2v) is 9.64.